The van der Waals surface area contributed by atoms with E-state index in [-0.39, 0.29) is 10.8 Å². The molecule has 128 valence electrons. The van der Waals surface area contributed by atoms with Crippen molar-refractivity contribution < 1.29 is 4.39 Å². The largest absolute Gasteiger partial charge is 0.205 e. The molecule has 3 rings (SSSR count). The fourth-order valence-electron chi connectivity index (χ4n) is 4.77. The summed E-state index contributed by atoms with van der Waals surface area (Å²) in [6.45, 7) is 2.41. The molecule has 2 aliphatic carbocycles. The van der Waals surface area contributed by atoms with Crippen molar-refractivity contribution in [2.75, 3.05) is 0 Å². The van der Waals surface area contributed by atoms with Crippen LogP contribution in [0.25, 0.3) is 0 Å². The summed E-state index contributed by atoms with van der Waals surface area (Å²) in [6.07, 6.45) is 13.7. The summed E-state index contributed by atoms with van der Waals surface area (Å²) >= 11 is 5.75. The Morgan fingerprint density at radius 2 is 1.57 bits per heavy atom. The Bertz CT molecular complexity index is 497. The van der Waals surface area contributed by atoms with E-state index in [1.165, 1.54) is 57.8 Å². The first kappa shape index (κ1) is 17.3. The first-order chi connectivity index (χ1) is 11.1. The Morgan fingerprint density at radius 3 is 2.17 bits per heavy atom. The number of halogens is 2. The van der Waals surface area contributed by atoms with Gasteiger partial charge >= 0.3 is 0 Å². The first-order valence-electron chi connectivity index (χ1n) is 9.55. The molecule has 2 fully saturated rings. The highest BCUT2D eigenvalue weighted by molar-refractivity contribution is 6.30. The number of aryl methyl sites for hydroxylation is 1. The van der Waals surface area contributed by atoms with Crippen LogP contribution in [0.1, 0.15) is 70.3 Å². The molecule has 0 heterocycles. The van der Waals surface area contributed by atoms with Gasteiger partial charge in [0, 0.05) is 0 Å². The van der Waals surface area contributed by atoms with Crippen molar-refractivity contribution in [3.63, 3.8) is 0 Å². The molecule has 0 nitrogen and oxygen atoms in total. The van der Waals surface area contributed by atoms with Crippen molar-refractivity contribution in [2.45, 2.75) is 71.1 Å². The topological polar surface area (TPSA) is 0 Å². The number of rotatable bonds is 4. The second kappa shape index (κ2) is 8.01. The maximum absolute atomic E-state index is 13.5. The SMILES string of the molecule is CC1CCC(C2CCC(CCc3ccc(Cl)c(F)c3)CC2)CC1. The Kier molecular flexibility index (Phi) is 6.01. The van der Waals surface area contributed by atoms with Crippen molar-refractivity contribution in [1.82, 2.24) is 0 Å². The van der Waals surface area contributed by atoms with E-state index in [9.17, 15) is 4.39 Å². The van der Waals surface area contributed by atoms with E-state index >= 15 is 0 Å². The summed E-state index contributed by atoms with van der Waals surface area (Å²) in [5.41, 5.74) is 1.09. The second-order valence-corrected chi connectivity index (χ2v) is 8.50. The van der Waals surface area contributed by atoms with Crippen molar-refractivity contribution in [3.05, 3.63) is 34.6 Å². The summed E-state index contributed by atoms with van der Waals surface area (Å²) in [6, 6.07) is 5.27. The fraction of sp³-hybridized carbons (Fsp3) is 0.714. The standard InChI is InChI=1S/C21H30ClF/c1-15-2-9-18(10-3-15)19-11-6-16(7-12-19)4-5-17-8-13-20(22)21(23)14-17/h8,13-16,18-19H,2-7,9-12H2,1H3. The molecule has 1 aromatic carbocycles. The lowest BCUT2D eigenvalue weighted by Gasteiger charge is -2.37. The highest BCUT2D eigenvalue weighted by Crippen LogP contribution is 2.42. The minimum absolute atomic E-state index is 0.232. The van der Waals surface area contributed by atoms with Gasteiger partial charge in [-0.2, -0.15) is 0 Å². The number of hydrogen-bond acceptors (Lipinski definition) is 0. The Morgan fingerprint density at radius 1 is 0.957 bits per heavy atom. The van der Waals surface area contributed by atoms with Crippen molar-refractivity contribution in [2.24, 2.45) is 23.7 Å². The van der Waals surface area contributed by atoms with Crippen LogP contribution in [0.15, 0.2) is 18.2 Å². The minimum atomic E-state index is -0.278. The van der Waals surface area contributed by atoms with Gasteiger partial charge in [-0.3, -0.25) is 0 Å². The third-order valence-electron chi connectivity index (χ3n) is 6.44. The van der Waals surface area contributed by atoms with Gasteiger partial charge in [0.1, 0.15) is 5.82 Å². The Balaban J connectivity index is 1.41. The lowest BCUT2D eigenvalue weighted by Crippen LogP contribution is -2.25. The van der Waals surface area contributed by atoms with Gasteiger partial charge in [-0.1, -0.05) is 50.3 Å². The van der Waals surface area contributed by atoms with Gasteiger partial charge in [0.05, 0.1) is 5.02 Å². The van der Waals surface area contributed by atoms with E-state index in [1.54, 1.807) is 12.1 Å². The van der Waals surface area contributed by atoms with Gasteiger partial charge in [0.2, 0.25) is 0 Å². The minimum Gasteiger partial charge on any atom is -0.205 e. The zero-order chi connectivity index (χ0) is 16.2. The highest BCUT2D eigenvalue weighted by Gasteiger charge is 2.29. The maximum atomic E-state index is 13.5. The number of benzene rings is 1. The van der Waals surface area contributed by atoms with Crippen molar-refractivity contribution in [3.8, 4) is 0 Å². The molecule has 0 bridgehead atoms. The molecule has 0 aliphatic heterocycles. The fourth-order valence-corrected chi connectivity index (χ4v) is 4.89. The molecule has 2 heteroatoms. The zero-order valence-corrected chi connectivity index (χ0v) is 15.1. The quantitative estimate of drug-likeness (QED) is 0.552. The molecule has 23 heavy (non-hydrogen) atoms. The molecule has 0 spiro atoms. The zero-order valence-electron chi connectivity index (χ0n) is 14.4. The lowest BCUT2D eigenvalue weighted by molar-refractivity contribution is 0.148. The maximum Gasteiger partial charge on any atom is 0.142 e. The molecule has 0 aromatic heterocycles. The normalized spacial score (nSPS) is 32.0. The van der Waals surface area contributed by atoms with Gasteiger partial charge < -0.3 is 0 Å². The van der Waals surface area contributed by atoms with Crippen LogP contribution in [-0.2, 0) is 6.42 Å². The van der Waals surface area contributed by atoms with Gasteiger partial charge in [0.25, 0.3) is 0 Å². The summed E-state index contributed by atoms with van der Waals surface area (Å²) in [7, 11) is 0. The van der Waals surface area contributed by atoms with Crippen LogP contribution >= 0.6 is 11.6 Å². The molecule has 0 radical (unpaired) electrons. The number of hydrogen-bond donors (Lipinski definition) is 0. The third-order valence-corrected chi connectivity index (χ3v) is 6.75. The van der Waals surface area contributed by atoms with E-state index < -0.39 is 0 Å². The smallest absolute Gasteiger partial charge is 0.142 e. The van der Waals surface area contributed by atoms with Crippen LogP contribution in [0.2, 0.25) is 5.02 Å². The van der Waals surface area contributed by atoms with Crippen LogP contribution in [0.4, 0.5) is 4.39 Å². The molecule has 0 unspecified atom stereocenters. The predicted molar refractivity (Wildman–Crippen MR) is 96.3 cm³/mol. The monoisotopic (exact) mass is 336 g/mol. The molecule has 2 saturated carbocycles. The van der Waals surface area contributed by atoms with Crippen LogP contribution < -0.4 is 0 Å². The van der Waals surface area contributed by atoms with Gasteiger partial charge in [-0.15, -0.1) is 0 Å². The lowest BCUT2D eigenvalue weighted by atomic mass is 9.69. The Hall–Kier alpha value is -0.560. The van der Waals surface area contributed by atoms with Gasteiger partial charge in [-0.25, -0.2) is 4.39 Å². The summed E-state index contributed by atoms with van der Waals surface area (Å²) in [4.78, 5) is 0. The molecule has 0 N–H and O–H groups in total. The van der Waals surface area contributed by atoms with Crippen molar-refractivity contribution in [1.29, 1.82) is 0 Å². The Labute approximate surface area is 145 Å². The molecule has 0 amide bonds. The average Bonchev–Trinajstić information content (AvgIpc) is 2.57. The van der Waals surface area contributed by atoms with Crippen LogP contribution in [0, 0.1) is 29.5 Å². The van der Waals surface area contributed by atoms with E-state index in [0.29, 0.717) is 0 Å². The van der Waals surface area contributed by atoms with Gasteiger partial charge in [0.15, 0.2) is 0 Å². The van der Waals surface area contributed by atoms with E-state index in [4.69, 9.17) is 11.6 Å². The molecule has 2 aliphatic rings. The molecular weight excluding hydrogens is 307 g/mol. The summed E-state index contributed by atoms with van der Waals surface area (Å²) < 4.78 is 13.5. The average molecular weight is 337 g/mol. The van der Waals surface area contributed by atoms with E-state index in [0.717, 1.165) is 35.7 Å². The van der Waals surface area contributed by atoms with Gasteiger partial charge in [-0.05, 0) is 79.9 Å². The van der Waals surface area contributed by atoms with Crippen molar-refractivity contribution >= 4 is 11.6 Å². The van der Waals surface area contributed by atoms with E-state index in [1.807, 2.05) is 6.07 Å². The van der Waals surface area contributed by atoms with Crippen LogP contribution in [-0.4, -0.2) is 0 Å². The molecular formula is C21H30ClF. The predicted octanol–water partition coefficient (Wildman–Crippen LogP) is 7.04. The molecule has 0 atom stereocenters. The van der Waals surface area contributed by atoms with Crippen LogP contribution in [0.3, 0.4) is 0 Å². The molecule has 1 aromatic rings. The van der Waals surface area contributed by atoms with E-state index in [2.05, 4.69) is 6.92 Å². The molecule has 0 saturated heterocycles. The second-order valence-electron chi connectivity index (χ2n) is 8.09. The summed E-state index contributed by atoms with van der Waals surface area (Å²) in [5, 5.41) is 0.232. The first-order valence-corrected chi connectivity index (χ1v) is 9.93. The third kappa shape index (κ3) is 4.72. The van der Waals surface area contributed by atoms with Crippen LogP contribution in [0.5, 0.6) is 0 Å². The summed E-state index contributed by atoms with van der Waals surface area (Å²) in [5.74, 6) is 3.53. The highest BCUT2D eigenvalue weighted by atomic mass is 35.5.